The molecule has 0 aliphatic rings. The first-order valence-corrected chi connectivity index (χ1v) is 7.66. The molecule has 0 aliphatic carbocycles. The topological polar surface area (TPSA) is 77.5 Å². The molecular formula is C16H23ClN2O4. The standard InChI is InChI=1S/C16H23ClN2O4/c1-9(2)12(19-15(21)23-16(3,4)5)13-11(14(20)22-6)7-10(17)8-18-13/h7-9,12H,1-6H3,(H,19,21)/t12-/m1/s1. The lowest BCUT2D eigenvalue weighted by molar-refractivity contribution is 0.0481. The van der Waals surface area contributed by atoms with E-state index in [-0.39, 0.29) is 11.5 Å². The van der Waals surface area contributed by atoms with Crippen molar-refractivity contribution >= 4 is 23.7 Å². The minimum absolute atomic E-state index is 0.0281. The van der Waals surface area contributed by atoms with Crippen LogP contribution in [0.15, 0.2) is 12.3 Å². The molecule has 1 aromatic rings. The van der Waals surface area contributed by atoms with Gasteiger partial charge < -0.3 is 14.8 Å². The second-order valence-corrected chi connectivity index (χ2v) is 6.88. The van der Waals surface area contributed by atoms with Gasteiger partial charge >= 0.3 is 12.1 Å². The lowest BCUT2D eigenvalue weighted by Gasteiger charge is -2.26. The Hall–Kier alpha value is -1.82. The van der Waals surface area contributed by atoms with E-state index in [1.165, 1.54) is 19.4 Å². The van der Waals surface area contributed by atoms with Gasteiger partial charge in [-0.05, 0) is 32.8 Å². The van der Waals surface area contributed by atoms with Crippen molar-refractivity contribution in [1.29, 1.82) is 0 Å². The van der Waals surface area contributed by atoms with Crippen LogP contribution in [0.5, 0.6) is 0 Å². The van der Waals surface area contributed by atoms with E-state index in [2.05, 4.69) is 10.3 Å². The third kappa shape index (κ3) is 5.71. The number of nitrogens with one attached hydrogen (secondary N) is 1. The van der Waals surface area contributed by atoms with Gasteiger partial charge in [0.05, 0.1) is 29.4 Å². The second kappa shape index (κ2) is 7.64. The SMILES string of the molecule is COC(=O)c1cc(Cl)cnc1[C@H](NC(=O)OC(C)(C)C)C(C)C. The predicted molar refractivity (Wildman–Crippen MR) is 87.5 cm³/mol. The van der Waals surface area contributed by atoms with E-state index < -0.39 is 23.7 Å². The monoisotopic (exact) mass is 342 g/mol. The van der Waals surface area contributed by atoms with E-state index in [0.717, 1.165) is 0 Å². The van der Waals surface area contributed by atoms with E-state index in [4.69, 9.17) is 21.1 Å². The van der Waals surface area contributed by atoms with Gasteiger partial charge in [-0.25, -0.2) is 9.59 Å². The first-order valence-electron chi connectivity index (χ1n) is 7.28. The molecule has 0 spiro atoms. The average Bonchev–Trinajstić information content (AvgIpc) is 2.42. The van der Waals surface area contributed by atoms with Crippen LogP contribution in [0.2, 0.25) is 5.02 Å². The van der Waals surface area contributed by atoms with Crippen LogP contribution in [-0.4, -0.2) is 29.8 Å². The van der Waals surface area contributed by atoms with Gasteiger partial charge in [0.2, 0.25) is 0 Å². The van der Waals surface area contributed by atoms with E-state index >= 15 is 0 Å². The number of alkyl carbamates (subject to hydrolysis) is 1. The number of esters is 1. The number of rotatable bonds is 4. The van der Waals surface area contributed by atoms with Gasteiger partial charge in [-0.3, -0.25) is 4.98 Å². The van der Waals surface area contributed by atoms with Crippen molar-refractivity contribution in [3.05, 3.63) is 28.5 Å². The maximum atomic E-state index is 12.1. The molecule has 1 N–H and O–H groups in total. The number of carbonyl (C=O) groups excluding carboxylic acids is 2. The quantitative estimate of drug-likeness (QED) is 0.843. The molecule has 23 heavy (non-hydrogen) atoms. The molecule has 1 aromatic heterocycles. The maximum Gasteiger partial charge on any atom is 0.408 e. The molecule has 7 heteroatoms. The normalized spacial score (nSPS) is 12.7. The number of carbonyl (C=O) groups is 2. The Morgan fingerprint density at radius 3 is 2.39 bits per heavy atom. The molecule has 0 bridgehead atoms. The first kappa shape index (κ1) is 19.2. The smallest absolute Gasteiger partial charge is 0.408 e. The minimum atomic E-state index is -0.621. The predicted octanol–water partition coefficient (Wildman–Crippen LogP) is 3.74. The van der Waals surface area contributed by atoms with Crippen molar-refractivity contribution in [2.24, 2.45) is 5.92 Å². The summed E-state index contributed by atoms with van der Waals surface area (Å²) in [7, 11) is 1.28. The highest BCUT2D eigenvalue weighted by Gasteiger charge is 2.28. The van der Waals surface area contributed by atoms with Gasteiger partial charge in [0.1, 0.15) is 5.60 Å². The molecule has 1 atom stereocenters. The van der Waals surface area contributed by atoms with Gasteiger partial charge in [-0.15, -0.1) is 0 Å². The molecule has 1 rings (SSSR count). The molecule has 0 fully saturated rings. The number of pyridine rings is 1. The number of hydrogen-bond donors (Lipinski definition) is 1. The number of nitrogens with zero attached hydrogens (tertiary/aromatic N) is 1. The summed E-state index contributed by atoms with van der Waals surface area (Å²) in [6.07, 6.45) is 0.846. The van der Waals surface area contributed by atoms with Crippen LogP contribution < -0.4 is 5.32 Å². The van der Waals surface area contributed by atoms with Crippen LogP contribution in [-0.2, 0) is 9.47 Å². The van der Waals surface area contributed by atoms with E-state index in [1.54, 1.807) is 20.8 Å². The van der Waals surface area contributed by atoms with Crippen molar-refractivity contribution in [3.8, 4) is 0 Å². The molecule has 1 amide bonds. The first-order chi connectivity index (χ1) is 10.5. The molecule has 0 aliphatic heterocycles. The zero-order chi connectivity index (χ0) is 17.8. The lowest BCUT2D eigenvalue weighted by Crippen LogP contribution is -2.37. The fraction of sp³-hybridized carbons (Fsp3) is 0.562. The molecule has 0 saturated carbocycles. The zero-order valence-corrected chi connectivity index (χ0v) is 15.0. The van der Waals surface area contributed by atoms with Gasteiger partial charge in [0, 0.05) is 6.20 Å². The zero-order valence-electron chi connectivity index (χ0n) is 14.3. The third-order valence-electron chi connectivity index (χ3n) is 2.92. The van der Waals surface area contributed by atoms with Crippen molar-refractivity contribution < 1.29 is 19.1 Å². The largest absolute Gasteiger partial charge is 0.465 e. The van der Waals surface area contributed by atoms with Crippen LogP contribution >= 0.6 is 11.6 Å². The van der Waals surface area contributed by atoms with Crippen molar-refractivity contribution in [1.82, 2.24) is 10.3 Å². The van der Waals surface area contributed by atoms with Gasteiger partial charge in [0.25, 0.3) is 0 Å². The van der Waals surface area contributed by atoms with Crippen LogP contribution in [0.25, 0.3) is 0 Å². The summed E-state index contributed by atoms with van der Waals surface area (Å²) in [5, 5.41) is 3.07. The fourth-order valence-corrected chi connectivity index (χ4v) is 2.11. The van der Waals surface area contributed by atoms with Crippen LogP contribution in [0.3, 0.4) is 0 Å². The molecule has 0 saturated heterocycles. The fourth-order valence-electron chi connectivity index (χ4n) is 1.96. The Bertz CT molecular complexity index is 582. The Balaban J connectivity index is 3.16. The lowest BCUT2D eigenvalue weighted by atomic mass is 9.97. The summed E-state index contributed by atoms with van der Waals surface area (Å²) in [6, 6.07) is 0.957. The maximum absolute atomic E-state index is 12.1. The third-order valence-corrected chi connectivity index (χ3v) is 3.13. The highest BCUT2D eigenvalue weighted by Crippen LogP contribution is 2.26. The summed E-state index contributed by atoms with van der Waals surface area (Å²) in [6.45, 7) is 9.13. The molecule has 0 aromatic carbocycles. The van der Waals surface area contributed by atoms with Crippen LogP contribution in [0.4, 0.5) is 4.79 Å². The summed E-state index contributed by atoms with van der Waals surface area (Å²) >= 11 is 5.91. The van der Waals surface area contributed by atoms with Crippen LogP contribution in [0, 0.1) is 5.92 Å². The number of aromatic nitrogens is 1. The van der Waals surface area contributed by atoms with E-state index in [1.807, 2.05) is 13.8 Å². The molecule has 0 unspecified atom stereocenters. The Morgan fingerprint density at radius 2 is 1.91 bits per heavy atom. The Labute approximate surface area is 141 Å². The molecule has 0 radical (unpaired) electrons. The molecule has 1 heterocycles. The van der Waals surface area contributed by atoms with Crippen molar-refractivity contribution in [3.63, 3.8) is 0 Å². The Morgan fingerprint density at radius 1 is 1.30 bits per heavy atom. The van der Waals surface area contributed by atoms with Crippen molar-refractivity contribution in [2.45, 2.75) is 46.3 Å². The van der Waals surface area contributed by atoms with Gasteiger partial charge in [0.15, 0.2) is 0 Å². The highest BCUT2D eigenvalue weighted by atomic mass is 35.5. The Kier molecular flexibility index (Phi) is 6.38. The van der Waals surface area contributed by atoms with E-state index in [0.29, 0.717) is 10.7 Å². The summed E-state index contributed by atoms with van der Waals surface area (Å²) in [4.78, 5) is 28.2. The number of halogens is 1. The average molecular weight is 343 g/mol. The molecule has 6 nitrogen and oxygen atoms in total. The van der Waals surface area contributed by atoms with Gasteiger partial charge in [-0.2, -0.15) is 0 Å². The summed E-state index contributed by atoms with van der Waals surface area (Å²) in [5.41, 5.74) is -0.0126. The highest BCUT2D eigenvalue weighted by molar-refractivity contribution is 6.30. The summed E-state index contributed by atoms with van der Waals surface area (Å²) in [5.74, 6) is -0.591. The minimum Gasteiger partial charge on any atom is -0.465 e. The number of ether oxygens (including phenoxy) is 2. The molecule has 128 valence electrons. The number of methoxy groups -OCH3 is 1. The second-order valence-electron chi connectivity index (χ2n) is 6.45. The van der Waals surface area contributed by atoms with Crippen LogP contribution in [0.1, 0.15) is 56.7 Å². The van der Waals surface area contributed by atoms with Gasteiger partial charge in [-0.1, -0.05) is 25.4 Å². The number of hydrogen-bond acceptors (Lipinski definition) is 5. The van der Waals surface area contributed by atoms with E-state index in [9.17, 15) is 9.59 Å². The van der Waals surface area contributed by atoms with Crippen molar-refractivity contribution in [2.75, 3.05) is 7.11 Å². The molecular weight excluding hydrogens is 320 g/mol. The summed E-state index contributed by atoms with van der Waals surface area (Å²) < 4.78 is 10.0. The number of amides is 1.